The minimum atomic E-state index is -0.00529. The Kier molecular flexibility index (Phi) is 4.16. The Morgan fingerprint density at radius 2 is 2.00 bits per heavy atom. The SMILES string of the molecule is Cc1cccc2cnn(CCC(=O)NCc3nc4ccccc4n3C)c12. The lowest BCUT2D eigenvalue weighted by Gasteiger charge is -2.07. The molecule has 4 aromatic rings. The minimum absolute atomic E-state index is 0.00529. The van der Waals surface area contributed by atoms with Crippen molar-refractivity contribution in [1.82, 2.24) is 24.6 Å². The number of carbonyl (C=O) groups is 1. The predicted octanol–water partition coefficient (Wildman–Crippen LogP) is 2.94. The highest BCUT2D eigenvalue weighted by Gasteiger charge is 2.10. The molecule has 0 fully saturated rings. The zero-order valence-electron chi connectivity index (χ0n) is 14.9. The van der Waals surface area contributed by atoms with Crippen LogP contribution in [0.4, 0.5) is 0 Å². The van der Waals surface area contributed by atoms with Crippen molar-refractivity contribution in [3.8, 4) is 0 Å². The number of rotatable bonds is 5. The quantitative estimate of drug-likeness (QED) is 0.604. The number of hydrogen-bond donors (Lipinski definition) is 1. The maximum absolute atomic E-state index is 12.3. The maximum atomic E-state index is 12.3. The normalized spacial score (nSPS) is 11.3. The van der Waals surface area contributed by atoms with Crippen LogP contribution in [0, 0.1) is 6.92 Å². The molecule has 2 aromatic carbocycles. The topological polar surface area (TPSA) is 64.7 Å². The van der Waals surface area contributed by atoms with E-state index in [9.17, 15) is 4.79 Å². The summed E-state index contributed by atoms with van der Waals surface area (Å²) in [7, 11) is 1.97. The average Bonchev–Trinajstić information content (AvgIpc) is 3.21. The molecule has 0 spiro atoms. The Morgan fingerprint density at radius 1 is 1.15 bits per heavy atom. The van der Waals surface area contributed by atoms with Gasteiger partial charge in [0.2, 0.25) is 5.91 Å². The van der Waals surface area contributed by atoms with Gasteiger partial charge in [0.25, 0.3) is 0 Å². The largest absolute Gasteiger partial charge is 0.349 e. The monoisotopic (exact) mass is 347 g/mol. The van der Waals surface area contributed by atoms with Crippen LogP contribution < -0.4 is 5.32 Å². The van der Waals surface area contributed by atoms with Crippen molar-refractivity contribution in [2.45, 2.75) is 26.4 Å². The Labute approximate surface area is 151 Å². The second-order valence-corrected chi connectivity index (χ2v) is 6.48. The Balaban J connectivity index is 1.40. The van der Waals surface area contributed by atoms with Crippen molar-refractivity contribution in [2.75, 3.05) is 0 Å². The third kappa shape index (κ3) is 2.94. The number of imidazole rings is 1. The van der Waals surface area contributed by atoms with E-state index in [4.69, 9.17) is 0 Å². The van der Waals surface area contributed by atoms with Crippen LogP contribution in [0.5, 0.6) is 0 Å². The van der Waals surface area contributed by atoms with E-state index in [-0.39, 0.29) is 5.91 Å². The minimum Gasteiger partial charge on any atom is -0.349 e. The lowest BCUT2D eigenvalue weighted by molar-refractivity contribution is -0.121. The first kappa shape index (κ1) is 16.3. The summed E-state index contributed by atoms with van der Waals surface area (Å²) in [6, 6.07) is 14.1. The average molecular weight is 347 g/mol. The number of fused-ring (bicyclic) bond motifs is 2. The number of aromatic nitrogens is 4. The molecular formula is C20H21N5O. The van der Waals surface area contributed by atoms with Crippen molar-refractivity contribution in [1.29, 1.82) is 0 Å². The molecule has 0 aliphatic rings. The van der Waals surface area contributed by atoms with Crippen LogP contribution in [0.3, 0.4) is 0 Å². The van der Waals surface area contributed by atoms with E-state index in [0.717, 1.165) is 27.8 Å². The molecule has 26 heavy (non-hydrogen) atoms. The smallest absolute Gasteiger partial charge is 0.222 e. The summed E-state index contributed by atoms with van der Waals surface area (Å²) in [6.07, 6.45) is 2.23. The number of amides is 1. The van der Waals surface area contributed by atoms with Crippen LogP contribution >= 0.6 is 0 Å². The number of nitrogens with one attached hydrogen (secondary N) is 1. The van der Waals surface area contributed by atoms with Crippen LogP contribution in [0.25, 0.3) is 21.9 Å². The van der Waals surface area contributed by atoms with E-state index >= 15 is 0 Å². The van der Waals surface area contributed by atoms with Crippen molar-refractivity contribution in [3.05, 3.63) is 60.0 Å². The fraction of sp³-hybridized carbons (Fsp3) is 0.250. The van der Waals surface area contributed by atoms with Gasteiger partial charge in [0.1, 0.15) is 5.82 Å². The molecule has 0 aliphatic heterocycles. The standard InChI is InChI=1S/C20H21N5O/c1-14-6-5-7-15-12-22-25(20(14)15)11-10-19(26)21-13-18-23-16-8-3-4-9-17(16)24(18)2/h3-9,12H,10-11,13H2,1-2H3,(H,21,26). The highest BCUT2D eigenvalue weighted by molar-refractivity contribution is 5.82. The Bertz CT molecular complexity index is 1090. The second kappa shape index (κ2) is 6.63. The van der Waals surface area contributed by atoms with Gasteiger partial charge in [-0.3, -0.25) is 9.48 Å². The summed E-state index contributed by atoms with van der Waals surface area (Å²) < 4.78 is 3.92. The molecule has 1 amide bonds. The number of carbonyl (C=O) groups excluding carboxylic acids is 1. The predicted molar refractivity (Wildman–Crippen MR) is 102 cm³/mol. The van der Waals surface area contributed by atoms with E-state index in [1.165, 1.54) is 5.56 Å². The van der Waals surface area contributed by atoms with Crippen molar-refractivity contribution in [3.63, 3.8) is 0 Å². The van der Waals surface area contributed by atoms with E-state index in [0.29, 0.717) is 19.5 Å². The first-order valence-electron chi connectivity index (χ1n) is 8.71. The van der Waals surface area contributed by atoms with Gasteiger partial charge in [-0.2, -0.15) is 5.10 Å². The molecule has 0 unspecified atom stereocenters. The molecule has 4 rings (SSSR count). The summed E-state index contributed by atoms with van der Waals surface area (Å²) in [5.41, 5.74) is 4.27. The van der Waals surface area contributed by atoms with E-state index < -0.39 is 0 Å². The Hall–Kier alpha value is -3.15. The molecule has 6 nitrogen and oxygen atoms in total. The number of nitrogens with zero attached hydrogens (tertiary/aromatic N) is 4. The first-order chi connectivity index (χ1) is 12.6. The van der Waals surface area contributed by atoms with Gasteiger partial charge < -0.3 is 9.88 Å². The molecule has 0 saturated heterocycles. The zero-order chi connectivity index (χ0) is 18.1. The number of hydrogen-bond acceptors (Lipinski definition) is 3. The first-order valence-corrected chi connectivity index (χ1v) is 8.71. The van der Waals surface area contributed by atoms with Gasteiger partial charge in [-0.15, -0.1) is 0 Å². The summed E-state index contributed by atoms with van der Waals surface area (Å²) in [5.74, 6) is 0.842. The van der Waals surface area contributed by atoms with Gasteiger partial charge in [0.05, 0.1) is 35.8 Å². The van der Waals surface area contributed by atoms with Crippen LogP contribution in [-0.4, -0.2) is 25.2 Å². The summed E-state index contributed by atoms with van der Waals surface area (Å²) in [6.45, 7) is 3.04. The molecule has 0 radical (unpaired) electrons. The van der Waals surface area contributed by atoms with E-state index in [1.807, 2.05) is 58.9 Å². The fourth-order valence-corrected chi connectivity index (χ4v) is 3.32. The maximum Gasteiger partial charge on any atom is 0.222 e. The fourth-order valence-electron chi connectivity index (χ4n) is 3.32. The molecule has 0 saturated carbocycles. The number of benzene rings is 2. The van der Waals surface area contributed by atoms with E-state index in [2.05, 4.69) is 28.4 Å². The van der Waals surface area contributed by atoms with Gasteiger partial charge in [-0.1, -0.05) is 30.3 Å². The van der Waals surface area contributed by atoms with Gasteiger partial charge in [-0.25, -0.2) is 4.98 Å². The van der Waals surface area contributed by atoms with Crippen molar-refractivity contribution < 1.29 is 4.79 Å². The highest BCUT2D eigenvalue weighted by Crippen LogP contribution is 2.18. The second-order valence-electron chi connectivity index (χ2n) is 6.48. The van der Waals surface area contributed by atoms with Crippen LogP contribution in [-0.2, 0) is 24.9 Å². The molecule has 0 bridgehead atoms. The zero-order valence-corrected chi connectivity index (χ0v) is 14.9. The molecular weight excluding hydrogens is 326 g/mol. The number of para-hydroxylation sites is 3. The van der Waals surface area contributed by atoms with Gasteiger partial charge >= 0.3 is 0 Å². The van der Waals surface area contributed by atoms with Gasteiger partial charge in [0.15, 0.2) is 0 Å². The van der Waals surface area contributed by atoms with Crippen LogP contribution in [0.2, 0.25) is 0 Å². The van der Waals surface area contributed by atoms with Crippen molar-refractivity contribution >= 4 is 27.8 Å². The summed E-state index contributed by atoms with van der Waals surface area (Å²) in [4.78, 5) is 16.8. The lowest BCUT2D eigenvalue weighted by atomic mass is 10.2. The van der Waals surface area contributed by atoms with Crippen LogP contribution in [0.15, 0.2) is 48.7 Å². The van der Waals surface area contributed by atoms with Crippen molar-refractivity contribution in [2.24, 2.45) is 7.05 Å². The highest BCUT2D eigenvalue weighted by atomic mass is 16.1. The van der Waals surface area contributed by atoms with Crippen LogP contribution in [0.1, 0.15) is 17.8 Å². The molecule has 0 atom stereocenters. The molecule has 132 valence electrons. The Morgan fingerprint density at radius 3 is 2.85 bits per heavy atom. The molecule has 1 N–H and O–H groups in total. The molecule has 0 aliphatic carbocycles. The molecule has 6 heteroatoms. The third-order valence-electron chi connectivity index (χ3n) is 4.74. The van der Waals surface area contributed by atoms with E-state index in [1.54, 1.807) is 0 Å². The summed E-state index contributed by atoms with van der Waals surface area (Å²) >= 11 is 0. The number of aryl methyl sites for hydroxylation is 3. The lowest BCUT2D eigenvalue weighted by Crippen LogP contribution is -2.25. The van der Waals surface area contributed by atoms with Gasteiger partial charge in [0, 0.05) is 18.9 Å². The summed E-state index contributed by atoms with van der Waals surface area (Å²) in [5, 5.41) is 8.47. The molecule has 2 heterocycles. The molecule has 2 aromatic heterocycles. The third-order valence-corrected chi connectivity index (χ3v) is 4.74. The van der Waals surface area contributed by atoms with Gasteiger partial charge in [-0.05, 0) is 24.6 Å².